The molecule has 0 fully saturated rings. The molecule has 0 unspecified atom stereocenters. The lowest BCUT2D eigenvalue weighted by molar-refractivity contribution is -0.145. The van der Waals surface area contributed by atoms with E-state index in [-0.39, 0.29) is 6.61 Å². The average molecular weight is 199 g/mol. The Kier molecular flexibility index (Phi) is 6.99. The highest BCUT2D eigenvalue weighted by molar-refractivity contribution is 4.49. The van der Waals surface area contributed by atoms with Gasteiger partial charge >= 0.3 is 6.18 Å². The van der Waals surface area contributed by atoms with Gasteiger partial charge in [-0.25, -0.2) is 0 Å². The molecule has 0 amide bonds. The summed E-state index contributed by atoms with van der Waals surface area (Å²) < 4.78 is 39.5. The highest BCUT2D eigenvalue weighted by Crippen LogP contribution is 2.18. The monoisotopic (exact) mass is 199 g/mol. The summed E-state index contributed by atoms with van der Waals surface area (Å²) in [5.74, 6) is 0. The second-order valence-electron chi connectivity index (χ2n) is 2.73. The van der Waals surface area contributed by atoms with Crippen LogP contribution in [0.25, 0.3) is 0 Å². The third-order valence-corrected chi connectivity index (χ3v) is 1.38. The van der Waals surface area contributed by atoms with E-state index in [2.05, 4.69) is 5.32 Å². The van der Waals surface area contributed by atoms with Gasteiger partial charge in [0.2, 0.25) is 0 Å². The van der Waals surface area contributed by atoms with Gasteiger partial charge in [-0.2, -0.15) is 13.2 Å². The fourth-order valence-corrected chi connectivity index (χ4v) is 0.736. The molecule has 0 bridgehead atoms. The molecule has 0 spiro atoms. The quantitative estimate of drug-likeness (QED) is 0.633. The van der Waals surface area contributed by atoms with E-state index in [9.17, 15) is 13.2 Å². The van der Waals surface area contributed by atoms with E-state index in [4.69, 9.17) is 4.74 Å². The highest BCUT2D eigenvalue weighted by atomic mass is 19.4. The van der Waals surface area contributed by atoms with E-state index in [1.807, 2.05) is 6.92 Å². The molecule has 0 rings (SSSR count). The maximum Gasteiger partial charge on any atom is 0.391 e. The van der Waals surface area contributed by atoms with Crippen LogP contribution in [0.2, 0.25) is 0 Å². The largest absolute Gasteiger partial charge is 0.391 e. The van der Waals surface area contributed by atoms with E-state index in [0.717, 1.165) is 13.0 Å². The zero-order chi connectivity index (χ0) is 10.2. The molecule has 0 saturated carbocycles. The smallest absolute Gasteiger partial charge is 0.380 e. The van der Waals surface area contributed by atoms with Gasteiger partial charge in [0.25, 0.3) is 0 Å². The van der Waals surface area contributed by atoms with E-state index < -0.39 is 12.6 Å². The van der Waals surface area contributed by atoms with Crippen LogP contribution in [0.5, 0.6) is 0 Å². The predicted octanol–water partition coefficient (Wildman–Crippen LogP) is 1.96. The molecule has 0 aliphatic heterocycles. The molecule has 2 nitrogen and oxygen atoms in total. The van der Waals surface area contributed by atoms with Gasteiger partial charge in [0, 0.05) is 6.54 Å². The van der Waals surface area contributed by atoms with Gasteiger partial charge in [0.05, 0.1) is 19.6 Å². The number of rotatable bonds is 7. The van der Waals surface area contributed by atoms with Crippen molar-refractivity contribution in [2.45, 2.75) is 25.9 Å². The second kappa shape index (κ2) is 7.15. The maximum atomic E-state index is 11.6. The van der Waals surface area contributed by atoms with Crippen LogP contribution in [0.3, 0.4) is 0 Å². The molecule has 0 aromatic rings. The summed E-state index contributed by atoms with van der Waals surface area (Å²) in [5.41, 5.74) is 0. The molecule has 0 aliphatic carbocycles. The number of ether oxygens (including phenoxy) is 1. The Balaban J connectivity index is 3.00. The topological polar surface area (TPSA) is 21.3 Å². The average Bonchev–Trinajstić information content (AvgIpc) is 2.01. The molecule has 0 aromatic heterocycles. The van der Waals surface area contributed by atoms with Gasteiger partial charge in [0.15, 0.2) is 0 Å². The third kappa shape index (κ3) is 11.7. The van der Waals surface area contributed by atoms with Crippen LogP contribution in [-0.2, 0) is 4.74 Å². The summed E-state index contributed by atoms with van der Waals surface area (Å²) in [6.07, 6.45) is -3.94. The predicted molar refractivity (Wildman–Crippen MR) is 44.7 cm³/mol. The van der Waals surface area contributed by atoms with Crippen LogP contribution in [0.15, 0.2) is 0 Å². The molecular weight excluding hydrogens is 183 g/mol. The van der Waals surface area contributed by atoms with Crippen molar-refractivity contribution in [1.82, 2.24) is 5.32 Å². The Morgan fingerprint density at radius 2 is 1.85 bits per heavy atom. The minimum Gasteiger partial charge on any atom is -0.380 e. The molecule has 0 aromatic carbocycles. The molecule has 0 heterocycles. The molecule has 1 N–H and O–H groups in total. The Morgan fingerprint density at radius 1 is 1.15 bits per heavy atom. The minimum absolute atomic E-state index is 0.239. The fraction of sp³-hybridized carbons (Fsp3) is 1.00. The zero-order valence-electron chi connectivity index (χ0n) is 7.78. The highest BCUT2D eigenvalue weighted by Gasteiger charge is 2.26. The van der Waals surface area contributed by atoms with Crippen molar-refractivity contribution in [1.29, 1.82) is 0 Å². The lowest BCUT2D eigenvalue weighted by Crippen LogP contribution is -2.21. The van der Waals surface area contributed by atoms with E-state index in [1.165, 1.54) is 0 Å². The van der Waals surface area contributed by atoms with E-state index in [0.29, 0.717) is 13.2 Å². The zero-order valence-corrected chi connectivity index (χ0v) is 7.78. The standard InChI is InChI=1S/C8H16F3NO/c1-2-4-12-5-7-13-6-3-8(9,10)11/h12H,2-7H2,1H3. The first kappa shape index (κ1) is 12.7. The van der Waals surface area contributed by atoms with Gasteiger partial charge in [-0.1, -0.05) is 6.92 Å². The van der Waals surface area contributed by atoms with Gasteiger partial charge < -0.3 is 10.1 Å². The summed E-state index contributed by atoms with van der Waals surface area (Å²) in [5, 5.41) is 3.03. The Morgan fingerprint density at radius 3 is 2.38 bits per heavy atom. The first-order chi connectivity index (χ1) is 6.06. The molecule has 0 saturated heterocycles. The lowest BCUT2D eigenvalue weighted by Gasteiger charge is -2.07. The van der Waals surface area contributed by atoms with Crippen molar-refractivity contribution in [3.05, 3.63) is 0 Å². The van der Waals surface area contributed by atoms with Crippen LogP contribution < -0.4 is 5.32 Å². The van der Waals surface area contributed by atoms with E-state index >= 15 is 0 Å². The van der Waals surface area contributed by atoms with Crippen molar-refractivity contribution >= 4 is 0 Å². The molecule has 80 valence electrons. The lowest BCUT2D eigenvalue weighted by atomic mass is 10.4. The normalized spacial score (nSPS) is 12.0. The first-order valence-electron chi connectivity index (χ1n) is 4.41. The van der Waals surface area contributed by atoms with Crippen LogP contribution in [0.1, 0.15) is 19.8 Å². The van der Waals surface area contributed by atoms with E-state index in [1.54, 1.807) is 0 Å². The SMILES string of the molecule is CCCNCCOCCC(F)(F)F. The van der Waals surface area contributed by atoms with Crippen molar-refractivity contribution in [3.63, 3.8) is 0 Å². The molecule has 5 heteroatoms. The second-order valence-corrected chi connectivity index (χ2v) is 2.73. The van der Waals surface area contributed by atoms with Crippen LogP contribution in [0, 0.1) is 0 Å². The Hall–Kier alpha value is -0.290. The minimum atomic E-state index is -4.10. The molecule has 13 heavy (non-hydrogen) atoms. The van der Waals surface area contributed by atoms with Crippen LogP contribution >= 0.6 is 0 Å². The van der Waals surface area contributed by atoms with Crippen molar-refractivity contribution in [3.8, 4) is 0 Å². The van der Waals surface area contributed by atoms with Crippen molar-refractivity contribution < 1.29 is 17.9 Å². The van der Waals surface area contributed by atoms with Crippen molar-refractivity contribution in [2.75, 3.05) is 26.3 Å². The molecule has 0 aliphatic rings. The molecule has 0 radical (unpaired) electrons. The first-order valence-corrected chi connectivity index (χ1v) is 4.41. The maximum absolute atomic E-state index is 11.6. The number of hydrogen-bond donors (Lipinski definition) is 1. The summed E-state index contributed by atoms with van der Waals surface area (Å²) >= 11 is 0. The molecular formula is C8H16F3NO. The number of alkyl halides is 3. The molecule has 0 atom stereocenters. The Labute approximate surface area is 76.5 Å². The van der Waals surface area contributed by atoms with Crippen LogP contribution in [-0.4, -0.2) is 32.5 Å². The number of hydrogen-bond acceptors (Lipinski definition) is 2. The summed E-state index contributed by atoms with van der Waals surface area (Å²) in [6.45, 7) is 3.62. The van der Waals surface area contributed by atoms with Gasteiger partial charge in [0.1, 0.15) is 0 Å². The van der Waals surface area contributed by atoms with Gasteiger partial charge in [-0.3, -0.25) is 0 Å². The van der Waals surface area contributed by atoms with Gasteiger partial charge in [-0.05, 0) is 13.0 Å². The number of halogens is 3. The number of nitrogens with one attached hydrogen (secondary N) is 1. The third-order valence-electron chi connectivity index (χ3n) is 1.38. The Bertz CT molecular complexity index is 116. The van der Waals surface area contributed by atoms with Crippen molar-refractivity contribution in [2.24, 2.45) is 0 Å². The van der Waals surface area contributed by atoms with Gasteiger partial charge in [-0.15, -0.1) is 0 Å². The summed E-state index contributed by atoms with van der Waals surface area (Å²) in [7, 11) is 0. The fourth-order valence-electron chi connectivity index (χ4n) is 0.736. The summed E-state index contributed by atoms with van der Waals surface area (Å²) in [4.78, 5) is 0. The van der Waals surface area contributed by atoms with Crippen LogP contribution in [0.4, 0.5) is 13.2 Å². The summed E-state index contributed by atoms with van der Waals surface area (Å²) in [6, 6.07) is 0.